The molecule has 7 rings (SSSR count). The van der Waals surface area contributed by atoms with Crippen LogP contribution in [0.5, 0.6) is 11.5 Å². The maximum absolute atomic E-state index is 13.5. The third-order valence-electron chi connectivity index (χ3n) is 7.71. The number of nitrogens with one attached hydrogen (secondary N) is 1. The number of allylic oxidation sites excluding steroid dienone is 2. The van der Waals surface area contributed by atoms with Crippen molar-refractivity contribution in [3.05, 3.63) is 60.2 Å². The van der Waals surface area contributed by atoms with Gasteiger partial charge in [-0.05, 0) is 54.4 Å². The summed E-state index contributed by atoms with van der Waals surface area (Å²) in [4.78, 5) is 41.6. The fourth-order valence-corrected chi connectivity index (χ4v) is 6.15. The lowest BCUT2D eigenvalue weighted by Crippen LogP contribution is -2.40. The second-order valence-electron chi connectivity index (χ2n) is 9.20. The van der Waals surface area contributed by atoms with Gasteiger partial charge < -0.3 is 14.8 Å². The van der Waals surface area contributed by atoms with Crippen LogP contribution < -0.4 is 19.7 Å². The zero-order valence-corrected chi connectivity index (χ0v) is 18.4. The number of hydrogen-bond donors (Lipinski definition) is 1. The summed E-state index contributed by atoms with van der Waals surface area (Å²) in [6.07, 6.45) is 5.39. The number of para-hydroxylation sites is 1. The van der Waals surface area contributed by atoms with E-state index in [0.717, 1.165) is 6.42 Å². The van der Waals surface area contributed by atoms with Gasteiger partial charge >= 0.3 is 0 Å². The van der Waals surface area contributed by atoms with Gasteiger partial charge in [0, 0.05) is 6.07 Å². The summed E-state index contributed by atoms with van der Waals surface area (Å²) in [6.45, 7) is 0. The number of nitrogens with zero attached hydrogens (tertiary/aromatic N) is 1. The zero-order chi connectivity index (χ0) is 22.9. The van der Waals surface area contributed by atoms with Crippen molar-refractivity contribution >= 4 is 29.1 Å². The zero-order valence-electron chi connectivity index (χ0n) is 18.4. The molecule has 3 fully saturated rings. The summed E-state index contributed by atoms with van der Waals surface area (Å²) in [7, 11) is 3.06. The predicted octanol–water partition coefficient (Wildman–Crippen LogP) is 3.51. The molecule has 168 valence electrons. The van der Waals surface area contributed by atoms with Crippen LogP contribution in [0.4, 0.5) is 11.4 Å². The smallest absolute Gasteiger partial charge is 0.257 e. The number of anilines is 2. The van der Waals surface area contributed by atoms with Crippen molar-refractivity contribution in [2.45, 2.75) is 6.42 Å². The van der Waals surface area contributed by atoms with Crippen LogP contribution >= 0.6 is 0 Å². The van der Waals surface area contributed by atoms with E-state index in [0.29, 0.717) is 34.7 Å². The number of amides is 3. The van der Waals surface area contributed by atoms with Crippen LogP contribution in [0.25, 0.3) is 0 Å². The molecule has 2 saturated carbocycles. The molecule has 6 atom stereocenters. The number of benzene rings is 2. The number of hydrogen-bond acceptors (Lipinski definition) is 5. The van der Waals surface area contributed by atoms with E-state index >= 15 is 0 Å². The van der Waals surface area contributed by atoms with Crippen molar-refractivity contribution in [2.75, 3.05) is 24.4 Å². The molecule has 0 spiro atoms. The molecule has 0 aromatic heterocycles. The molecule has 2 bridgehead atoms. The maximum Gasteiger partial charge on any atom is 0.257 e. The van der Waals surface area contributed by atoms with E-state index < -0.39 is 5.91 Å². The van der Waals surface area contributed by atoms with E-state index in [-0.39, 0.29) is 41.0 Å². The summed E-state index contributed by atoms with van der Waals surface area (Å²) in [5.41, 5.74) is 1.06. The van der Waals surface area contributed by atoms with E-state index in [1.54, 1.807) is 49.6 Å². The Labute approximate surface area is 191 Å². The Kier molecular flexibility index (Phi) is 4.37. The number of methoxy groups -OCH3 is 2. The Morgan fingerprint density at radius 3 is 2.24 bits per heavy atom. The number of carbonyl (C=O) groups is 3. The van der Waals surface area contributed by atoms with Gasteiger partial charge in [-0.3, -0.25) is 14.4 Å². The molecule has 1 N–H and O–H groups in total. The topological polar surface area (TPSA) is 84.9 Å². The Hall–Kier alpha value is -3.61. The van der Waals surface area contributed by atoms with Gasteiger partial charge in [-0.25, -0.2) is 4.90 Å². The normalized spacial score (nSPS) is 30.7. The third kappa shape index (κ3) is 2.84. The first-order chi connectivity index (χ1) is 16.0. The minimum absolute atomic E-state index is 0.135. The molecule has 2 aromatic carbocycles. The van der Waals surface area contributed by atoms with E-state index in [9.17, 15) is 14.4 Å². The standard InChI is InChI=1S/C26H24N2O5/c1-32-13-7-10-19(21(11-13)33-2)27-24(29)16-5-3-4-6-20(16)28-25(30)22-14-8-9-15(18-12-17(14)18)23(22)26(28)31/h3-11,14-15,17-18,22-23H,12H2,1-2H3,(H,27,29)/t14-,15-,17-,18-,22+,23+/m0/s1. The van der Waals surface area contributed by atoms with Crippen LogP contribution in [0.2, 0.25) is 0 Å². The average molecular weight is 444 g/mol. The van der Waals surface area contributed by atoms with Crippen molar-refractivity contribution in [1.82, 2.24) is 0 Å². The van der Waals surface area contributed by atoms with Gasteiger partial charge in [0.25, 0.3) is 5.91 Å². The van der Waals surface area contributed by atoms with Crippen LogP contribution in [-0.4, -0.2) is 31.9 Å². The van der Waals surface area contributed by atoms with Gasteiger partial charge in [-0.1, -0.05) is 24.3 Å². The summed E-state index contributed by atoms with van der Waals surface area (Å²) < 4.78 is 10.6. The largest absolute Gasteiger partial charge is 0.497 e. The second-order valence-corrected chi connectivity index (χ2v) is 9.20. The van der Waals surface area contributed by atoms with E-state index in [1.807, 2.05) is 0 Å². The highest BCUT2D eigenvalue weighted by Gasteiger charge is 2.67. The monoisotopic (exact) mass is 444 g/mol. The number of carbonyl (C=O) groups excluding carboxylic acids is 3. The van der Waals surface area contributed by atoms with Crippen molar-refractivity contribution < 1.29 is 23.9 Å². The Balaban J connectivity index is 1.32. The van der Waals surface area contributed by atoms with Gasteiger partial charge in [-0.2, -0.15) is 0 Å². The van der Waals surface area contributed by atoms with E-state index in [1.165, 1.54) is 12.0 Å². The number of rotatable bonds is 5. The molecule has 7 heteroatoms. The molecule has 2 aromatic rings. The minimum Gasteiger partial charge on any atom is -0.497 e. The van der Waals surface area contributed by atoms with Gasteiger partial charge in [0.2, 0.25) is 11.8 Å². The molecule has 1 aliphatic heterocycles. The molecule has 7 nitrogen and oxygen atoms in total. The molecule has 0 unspecified atom stereocenters. The summed E-state index contributed by atoms with van der Waals surface area (Å²) in [5.74, 6) is 0.958. The predicted molar refractivity (Wildman–Crippen MR) is 121 cm³/mol. The fraction of sp³-hybridized carbons (Fsp3) is 0.346. The Morgan fingerprint density at radius 2 is 1.61 bits per heavy atom. The quantitative estimate of drug-likeness (QED) is 0.564. The fourth-order valence-electron chi connectivity index (χ4n) is 6.15. The molecular weight excluding hydrogens is 420 g/mol. The van der Waals surface area contributed by atoms with Crippen LogP contribution in [-0.2, 0) is 9.59 Å². The van der Waals surface area contributed by atoms with E-state index in [4.69, 9.17) is 9.47 Å². The van der Waals surface area contributed by atoms with Crippen LogP contribution in [0.3, 0.4) is 0 Å². The highest BCUT2D eigenvalue weighted by molar-refractivity contribution is 6.25. The van der Waals surface area contributed by atoms with Gasteiger partial charge in [0.1, 0.15) is 11.5 Å². The third-order valence-corrected chi connectivity index (χ3v) is 7.71. The SMILES string of the molecule is COc1ccc(NC(=O)c2ccccc2N2C(=O)[C@@H]3[C@H]4C=C[C@@H]([C@@H]5C[C@@H]45)[C@H]3C2=O)c(OC)c1. The van der Waals surface area contributed by atoms with Crippen molar-refractivity contribution in [2.24, 2.45) is 35.5 Å². The minimum atomic E-state index is -0.423. The lowest BCUT2D eigenvalue weighted by atomic mass is 9.63. The van der Waals surface area contributed by atoms with Crippen molar-refractivity contribution in [3.63, 3.8) is 0 Å². The molecule has 3 amide bonds. The molecule has 1 saturated heterocycles. The summed E-state index contributed by atoms with van der Waals surface area (Å²) in [5, 5.41) is 2.85. The van der Waals surface area contributed by atoms with Crippen LogP contribution in [0, 0.1) is 35.5 Å². The first kappa shape index (κ1) is 20.0. The molecular formula is C26H24N2O5. The van der Waals surface area contributed by atoms with Gasteiger partial charge in [0.15, 0.2) is 0 Å². The van der Waals surface area contributed by atoms with Crippen LogP contribution in [0.15, 0.2) is 54.6 Å². The molecule has 4 aliphatic carbocycles. The highest BCUT2D eigenvalue weighted by atomic mass is 16.5. The molecule has 0 radical (unpaired) electrons. The Bertz CT molecular complexity index is 1180. The Morgan fingerprint density at radius 1 is 0.939 bits per heavy atom. The molecule has 1 heterocycles. The molecule has 5 aliphatic rings. The lowest BCUT2D eigenvalue weighted by Gasteiger charge is -2.37. The lowest BCUT2D eigenvalue weighted by molar-refractivity contribution is -0.124. The van der Waals surface area contributed by atoms with Crippen molar-refractivity contribution in [1.29, 1.82) is 0 Å². The number of imide groups is 1. The summed E-state index contributed by atoms with van der Waals surface area (Å²) in [6, 6.07) is 11.9. The summed E-state index contributed by atoms with van der Waals surface area (Å²) >= 11 is 0. The van der Waals surface area contributed by atoms with E-state index in [2.05, 4.69) is 17.5 Å². The number of ether oxygens (including phenoxy) is 2. The first-order valence-corrected chi connectivity index (χ1v) is 11.2. The maximum atomic E-state index is 13.5. The molecule has 33 heavy (non-hydrogen) atoms. The highest BCUT2D eigenvalue weighted by Crippen LogP contribution is 2.65. The average Bonchev–Trinajstić information content (AvgIpc) is 3.62. The van der Waals surface area contributed by atoms with Gasteiger partial charge in [-0.15, -0.1) is 0 Å². The second kappa shape index (κ2) is 7.20. The van der Waals surface area contributed by atoms with Gasteiger partial charge in [0.05, 0.1) is 43.0 Å². The first-order valence-electron chi connectivity index (χ1n) is 11.2. The van der Waals surface area contributed by atoms with Crippen LogP contribution in [0.1, 0.15) is 16.8 Å². The van der Waals surface area contributed by atoms with Crippen molar-refractivity contribution in [3.8, 4) is 11.5 Å².